The average molecular weight is 585 g/mol. The second-order valence-corrected chi connectivity index (χ2v) is 11.0. The van der Waals surface area contributed by atoms with E-state index in [1.807, 2.05) is 60.7 Å². The van der Waals surface area contributed by atoms with E-state index in [1.54, 1.807) is 12.1 Å². The SMILES string of the molecule is O=c1cc(CCc2ccccc2)oc2c1[C@@H](Oc1ccc3oc(CCc4ccccc4)cc(=O)c3c1)[C@@H](O)[C@@H](O)[C@@H]2Cl. The van der Waals surface area contributed by atoms with Crippen LogP contribution in [0, 0.1) is 0 Å². The van der Waals surface area contributed by atoms with Gasteiger partial charge in [0.05, 0.1) is 10.9 Å². The van der Waals surface area contributed by atoms with E-state index in [1.165, 1.54) is 18.2 Å². The Hall–Kier alpha value is -4.17. The van der Waals surface area contributed by atoms with Crippen LogP contribution in [0.5, 0.6) is 5.75 Å². The van der Waals surface area contributed by atoms with Gasteiger partial charge in [0.25, 0.3) is 0 Å². The molecule has 2 N–H and O–H groups in total. The fourth-order valence-electron chi connectivity index (χ4n) is 5.34. The maximum absolute atomic E-state index is 13.3. The normalized spacial score (nSPS) is 19.9. The summed E-state index contributed by atoms with van der Waals surface area (Å²) in [6.07, 6.45) is -1.82. The van der Waals surface area contributed by atoms with Gasteiger partial charge in [0.1, 0.15) is 46.2 Å². The van der Waals surface area contributed by atoms with Crippen molar-refractivity contribution in [3.63, 3.8) is 0 Å². The molecule has 0 saturated carbocycles. The summed E-state index contributed by atoms with van der Waals surface area (Å²) in [5.41, 5.74) is 2.01. The number of aliphatic hydroxyl groups is 2. The van der Waals surface area contributed by atoms with Crippen molar-refractivity contribution in [1.82, 2.24) is 0 Å². The van der Waals surface area contributed by atoms with Crippen LogP contribution in [-0.4, -0.2) is 22.4 Å². The number of aliphatic hydroxyl groups excluding tert-OH is 2. The predicted molar refractivity (Wildman–Crippen MR) is 159 cm³/mol. The third-order valence-electron chi connectivity index (χ3n) is 7.58. The summed E-state index contributed by atoms with van der Waals surface area (Å²) in [5.74, 6) is 1.27. The van der Waals surface area contributed by atoms with Gasteiger partial charge in [-0.3, -0.25) is 9.59 Å². The number of benzene rings is 3. The molecule has 214 valence electrons. The topological polar surface area (TPSA) is 110 Å². The van der Waals surface area contributed by atoms with Crippen LogP contribution in [0.1, 0.15) is 45.5 Å². The zero-order valence-electron chi connectivity index (χ0n) is 22.6. The second-order valence-electron chi connectivity index (χ2n) is 10.5. The molecule has 0 unspecified atom stereocenters. The van der Waals surface area contributed by atoms with Crippen LogP contribution in [0.3, 0.4) is 0 Å². The summed E-state index contributed by atoms with van der Waals surface area (Å²) in [6, 6.07) is 27.3. The molecule has 0 spiro atoms. The number of fused-ring (bicyclic) bond motifs is 2. The molecular formula is C34H29ClO7. The first-order valence-corrected chi connectivity index (χ1v) is 14.3. The Kier molecular flexibility index (Phi) is 7.98. The molecule has 6 rings (SSSR count). The van der Waals surface area contributed by atoms with Gasteiger partial charge in [-0.2, -0.15) is 0 Å². The Bertz CT molecular complexity index is 1810. The molecule has 2 aromatic heterocycles. The highest BCUT2D eigenvalue weighted by atomic mass is 35.5. The molecule has 0 fully saturated rings. The molecule has 0 bridgehead atoms. The van der Waals surface area contributed by atoms with Crippen molar-refractivity contribution in [3.05, 3.63) is 145 Å². The molecular weight excluding hydrogens is 556 g/mol. The van der Waals surface area contributed by atoms with Gasteiger partial charge in [-0.1, -0.05) is 60.7 Å². The van der Waals surface area contributed by atoms with Crippen LogP contribution in [0.25, 0.3) is 11.0 Å². The minimum Gasteiger partial charge on any atom is -0.483 e. The summed E-state index contributed by atoms with van der Waals surface area (Å²) < 4.78 is 18.0. The van der Waals surface area contributed by atoms with Gasteiger partial charge in [0, 0.05) is 25.0 Å². The Morgan fingerprint density at radius 1 is 0.690 bits per heavy atom. The van der Waals surface area contributed by atoms with E-state index in [9.17, 15) is 19.8 Å². The second kappa shape index (κ2) is 12.0. The summed E-state index contributed by atoms with van der Waals surface area (Å²) in [7, 11) is 0. The van der Waals surface area contributed by atoms with Crippen molar-refractivity contribution >= 4 is 22.6 Å². The van der Waals surface area contributed by atoms with Crippen LogP contribution in [0.15, 0.2) is 109 Å². The van der Waals surface area contributed by atoms with E-state index < -0.39 is 29.1 Å². The molecule has 1 aliphatic rings. The number of hydrogen-bond acceptors (Lipinski definition) is 7. The van der Waals surface area contributed by atoms with Crippen LogP contribution in [0.4, 0.5) is 0 Å². The molecule has 2 heterocycles. The van der Waals surface area contributed by atoms with Crippen LogP contribution < -0.4 is 15.6 Å². The smallest absolute Gasteiger partial charge is 0.193 e. The molecule has 1 aliphatic carbocycles. The maximum Gasteiger partial charge on any atom is 0.193 e. The Morgan fingerprint density at radius 2 is 1.29 bits per heavy atom. The zero-order valence-corrected chi connectivity index (χ0v) is 23.4. The van der Waals surface area contributed by atoms with Gasteiger partial charge < -0.3 is 23.8 Å². The highest BCUT2D eigenvalue weighted by molar-refractivity contribution is 6.21. The summed E-state index contributed by atoms with van der Waals surface area (Å²) in [5, 5.41) is 20.8. The number of aryl methyl sites for hydroxylation is 4. The molecule has 0 saturated heterocycles. The first kappa shape index (κ1) is 28.0. The number of hydrogen-bond donors (Lipinski definition) is 2. The number of ether oxygens (including phenoxy) is 1. The van der Waals surface area contributed by atoms with Gasteiger partial charge >= 0.3 is 0 Å². The Balaban J connectivity index is 1.26. The minimum atomic E-state index is -1.51. The fourth-order valence-corrected chi connectivity index (χ4v) is 5.65. The van der Waals surface area contributed by atoms with Crippen LogP contribution >= 0.6 is 11.6 Å². The van der Waals surface area contributed by atoms with Gasteiger partial charge in [-0.25, -0.2) is 0 Å². The lowest BCUT2D eigenvalue weighted by Crippen LogP contribution is -2.44. The number of halogens is 1. The highest BCUT2D eigenvalue weighted by Crippen LogP contribution is 2.41. The van der Waals surface area contributed by atoms with Crippen molar-refractivity contribution in [2.45, 2.75) is 49.4 Å². The fraction of sp³-hybridized carbons (Fsp3) is 0.235. The third kappa shape index (κ3) is 5.77. The van der Waals surface area contributed by atoms with Gasteiger partial charge in [-0.05, 0) is 42.2 Å². The van der Waals surface area contributed by atoms with E-state index >= 15 is 0 Å². The van der Waals surface area contributed by atoms with Gasteiger partial charge in [-0.15, -0.1) is 11.6 Å². The molecule has 42 heavy (non-hydrogen) atoms. The molecule has 5 aromatic rings. The number of alkyl halides is 1. The van der Waals surface area contributed by atoms with E-state index in [4.69, 9.17) is 25.2 Å². The summed E-state index contributed by atoms with van der Waals surface area (Å²) in [4.78, 5) is 26.3. The molecule has 0 aliphatic heterocycles. The number of rotatable bonds is 8. The average Bonchev–Trinajstić information content (AvgIpc) is 3.01. The van der Waals surface area contributed by atoms with Gasteiger partial charge in [0.2, 0.25) is 0 Å². The van der Waals surface area contributed by atoms with E-state index in [0.29, 0.717) is 41.8 Å². The third-order valence-corrected chi connectivity index (χ3v) is 8.03. The predicted octanol–water partition coefficient (Wildman–Crippen LogP) is 5.45. The van der Waals surface area contributed by atoms with Crippen molar-refractivity contribution in [3.8, 4) is 5.75 Å². The summed E-state index contributed by atoms with van der Waals surface area (Å²) >= 11 is 6.45. The first-order valence-electron chi connectivity index (χ1n) is 13.9. The van der Waals surface area contributed by atoms with E-state index in [-0.39, 0.29) is 22.5 Å². The Morgan fingerprint density at radius 3 is 1.93 bits per heavy atom. The molecule has 8 heteroatoms. The van der Waals surface area contributed by atoms with E-state index in [2.05, 4.69) is 0 Å². The lowest BCUT2D eigenvalue weighted by Gasteiger charge is -2.35. The molecule has 4 atom stereocenters. The minimum absolute atomic E-state index is 0.0413. The van der Waals surface area contributed by atoms with E-state index in [0.717, 1.165) is 17.5 Å². The lowest BCUT2D eigenvalue weighted by molar-refractivity contribution is -0.0656. The van der Waals surface area contributed by atoms with Crippen LogP contribution in [-0.2, 0) is 25.7 Å². The lowest BCUT2D eigenvalue weighted by atomic mass is 9.88. The molecule has 0 radical (unpaired) electrons. The largest absolute Gasteiger partial charge is 0.483 e. The van der Waals surface area contributed by atoms with Crippen molar-refractivity contribution in [2.24, 2.45) is 0 Å². The van der Waals surface area contributed by atoms with Crippen molar-refractivity contribution in [1.29, 1.82) is 0 Å². The zero-order chi connectivity index (χ0) is 29.2. The molecule has 0 amide bonds. The maximum atomic E-state index is 13.3. The van der Waals surface area contributed by atoms with Crippen LogP contribution in [0.2, 0.25) is 0 Å². The van der Waals surface area contributed by atoms with Crippen molar-refractivity contribution in [2.75, 3.05) is 0 Å². The highest BCUT2D eigenvalue weighted by Gasteiger charge is 2.45. The molecule has 7 nitrogen and oxygen atoms in total. The van der Waals surface area contributed by atoms with Crippen molar-refractivity contribution < 1.29 is 23.8 Å². The Labute approximate surface area is 246 Å². The molecule has 3 aromatic carbocycles. The summed E-state index contributed by atoms with van der Waals surface area (Å²) in [6.45, 7) is 0. The monoisotopic (exact) mass is 584 g/mol. The van der Waals surface area contributed by atoms with Gasteiger partial charge in [0.15, 0.2) is 17.0 Å². The standard InChI is InChI=1S/C34H29ClO7/c35-30-31(38)32(39)34(29-27(37)19-24(41-33(29)30)14-12-21-9-5-2-6-10-21)42-22-15-16-28-25(17-22)26(36)18-23(40-28)13-11-20-7-3-1-4-8-20/h1-10,15-19,30-32,34,38-39H,11-14H2/t30-,31-,32-,34+/m0/s1. The quantitative estimate of drug-likeness (QED) is 0.233. The first-order chi connectivity index (χ1) is 20.4.